The maximum absolute atomic E-state index is 11.5. The first-order valence-corrected chi connectivity index (χ1v) is 6.67. The summed E-state index contributed by atoms with van der Waals surface area (Å²) in [7, 11) is 5.19. The van der Waals surface area contributed by atoms with E-state index in [0.717, 1.165) is 11.5 Å². The molecule has 1 unspecified atom stereocenters. The zero-order valence-corrected chi connectivity index (χ0v) is 15.6. The lowest BCUT2D eigenvalue weighted by Gasteiger charge is -2.17. The van der Waals surface area contributed by atoms with Crippen molar-refractivity contribution in [3.8, 4) is 0 Å². The Morgan fingerprint density at radius 3 is 2.57 bits per heavy atom. The van der Waals surface area contributed by atoms with Crippen LogP contribution in [0.5, 0.6) is 0 Å². The average Bonchev–Trinajstić information content (AvgIpc) is 2.83. The lowest BCUT2D eigenvalue weighted by Crippen LogP contribution is -2.40. The fourth-order valence-corrected chi connectivity index (χ4v) is 1.67. The number of carbonyl (C=O) groups is 1. The summed E-state index contributed by atoms with van der Waals surface area (Å²) in [5.74, 6) is 2.48. The Morgan fingerprint density at radius 2 is 2.10 bits per heavy atom. The van der Waals surface area contributed by atoms with E-state index in [9.17, 15) is 4.79 Å². The summed E-state index contributed by atoms with van der Waals surface area (Å²) in [6.07, 6.45) is 0.432. The molecule has 1 aromatic rings. The Hall–Kier alpha value is -1.25. The fourth-order valence-electron chi connectivity index (χ4n) is 1.67. The van der Waals surface area contributed by atoms with E-state index in [1.54, 1.807) is 26.0 Å². The zero-order valence-electron chi connectivity index (χ0n) is 13.3. The summed E-state index contributed by atoms with van der Waals surface area (Å²) in [5.41, 5.74) is 0. The number of halogens is 1. The van der Waals surface area contributed by atoms with Crippen molar-refractivity contribution in [3.63, 3.8) is 0 Å². The number of furan rings is 1. The van der Waals surface area contributed by atoms with Crippen molar-refractivity contribution in [1.29, 1.82) is 0 Å². The minimum atomic E-state index is 0. The average molecular weight is 408 g/mol. The van der Waals surface area contributed by atoms with Gasteiger partial charge in [-0.1, -0.05) is 0 Å². The highest BCUT2D eigenvalue weighted by molar-refractivity contribution is 14.0. The first kappa shape index (κ1) is 19.8. The molecule has 0 bridgehead atoms. The van der Waals surface area contributed by atoms with E-state index in [1.165, 1.54) is 0 Å². The van der Waals surface area contributed by atoms with Gasteiger partial charge in [-0.2, -0.15) is 0 Å². The van der Waals surface area contributed by atoms with Crippen molar-refractivity contribution in [2.75, 3.05) is 27.7 Å². The molecular weight excluding hydrogens is 383 g/mol. The molecule has 2 N–H and O–H groups in total. The summed E-state index contributed by atoms with van der Waals surface area (Å²) in [4.78, 5) is 17.2. The molecule has 0 aliphatic heterocycles. The van der Waals surface area contributed by atoms with E-state index in [-0.39, 0.29) is 35.9 Å². The van der Waals surface area contributed by atoms with E-state index < -0.39 is 0 Å². The molecule has 1 aromatic heterocycles. The van der Waals surface area contributed by atoms with E-state index in [1.807, 2.05) is 26.0 Å². The predicted octanol–water partition coefficient (Wildman–Crippen LogP) is 1.91. The molecule has 0 fully saturated rings. The van der Waals surface area contributed by atoms with Gasteiger partial charge in [-0.15, -0.1) is 24.0 Å². The standard InChI is InChI=1S/C14H24N4O2.HI/c1-10-6-7-12(20-10)11(2)17-14(15-3)16-9-8-13(19)18(4)5;/h6-7,11H,8-9H2,1-5H3,(H2,15,16,17);1H. The van der Waals surface area contributed by atoms with Crippen LogP contribution in [0.3, 0.4) is 0 Å². The molecule has 0 saturated heterocycles. The number of carbonyl (C=O) groups excluding carboxylic acids is 1. The third-order valence-electron chi connectivity index (χ3n) is 2.89. The number of hydrogen-bond donors (Lipinski definition) is 2. The van der Waals surface area contributed by atoms with E-state index in [0.29, 0.717) is 18.9 Å². The third-order valence-corrected chi connectivity index (χ3v) is 2.89. The monoisotopic (exact) mass is 408 g/mol. The van der Waals surface area contributed by atoms with Crippen molar-refractivity contribution in [2.24, 2.45) is 4.99 Å². The number of amides is 1. The summed E-state index contributed by atoms with van der Waals surface area (Å²) in [5, 5.41) is 6.33. The predicted molar refractivity (Wildman–Crippen MR) is 95.1 cm³/mol. The maximum atomic E-state index is 11.5. The lowest BCUT2D eigenvalue weighted by molar-refractivity contribution is -0.128. The Labute approximate surface area is 143 Å². The molecular formula is C14H25IN4O2. The van der Waals surface area contributed by atoms with Crippen molar-refractivity contribution < 1.29 is 9.21 Å². The second kappa shape index (κ2) is 9.64. The van der Waals surface area contributed by atoms with Crippen molar-refractivity contribution in [2.45, 2.75) is 26.3 Å². The number of aryl methyl sites for hydroxylation is 1. The second-order valence-electron chi connectivity index (χ2n) is 4.85. The van der Waals surface area contributed by atoms with Gasteiger partial charge in [-0.05, 0) is 26.0 Å². The molecule has 1 amide bonds. The van der Waals surface area contributed by atoms with Gasteiger partial charge in [0.15, 0.2) is 5.96 Å². The normalized spacial score (nSPS) is 12.3. The highest BCUT2D eigenvalue weighted by Gasteiger charge is 2.11. The molecule has 0 spiro atoms. The first-order valence-electron chi connectivity index (χ1n) is 6.67. The molecule has 0 aliphatic rings. The quantitative estimate of drug-likeness (QED) is 0.444. The Morgan fingerprint density at radius 1 is 1.43 bits per heavy atom. The van der Waals surface area contributed by atoms with Gasteiger partial charge in [-0.3, -0.25) is 9.79 Å². The Kier molecular flexibility index (Phi) is 9.07. The van der Waals surface area contributed by atoms with Crippen molar-refractivity contribution in [3.05, 3.63) is 23.7 Å². The molecule has 6 nitrogen and oxygen atoms in total. The van der Waals surface area contributed by atoms with Crippen LogP contribution in [-0.2, 0) is 4.79 Å². The first-order chi connectivity index (χ1) is 9.43. The highest BCUT2D eigenvalue weighted by atomic mass is 127. The largest absolute Gasteiger partial charge is 0.464 e. The summed E-state index contributed by atoms with van der Waals surface area (Å²) < 4.78 is 5.56. The van der Waals surface area contributed by atoms with Gasteiger partial charge >= 0.3 is 0 Å². The molecule has 21 heavy (non-hydrogen) atoms. The molecule has 7 heteroatoms. The zero-order chi connectivity index (χ0) is 15.1. The van der Waals surface area contributed by atoms with Crippen LogP contribution in [0.25, 0.3) is 0 Å². The molecule has 0 aromatic carbocycles. The van der Waals surface area contributed by atoms with Gasteiger partial charge in [0, 0.05) is 34.1 Å². The van der Waals surface area contributed by atoms with E-state index in [2.05, 4.69) is 15.6 Å². The van der Waals surface area contributed by atoms with Crippen LogP contribution in [0.4, 0.5) is 0 Å². The lowest BCUT2D eigenvalue weighted by atomic mass is 10.2. The van der Waals surface area contributed by atoms with Gasteiger partial charge in [0.2, 0.25) is 5.91 Å². The summed E-state index contributed by atoms with van der Waals surface area (Å²) in [6.45, 7) is 4.45. The van der Waals surface area contributed by atoms with Crippen molar-refractivity contribution in [1.82, 2.24) is 15.5 Å². The second-order valence-corrected chi connectivity index (χ2v) is 4.85. The van der Waals surface area contributed by atoms with Crippen LogP contribution in [0.15, 0.2) is 21.5 Å². The number of nitrogens with zero attached hydrogens (tertiary/aromatic N) is 2. The number of nitrogens with one attached hydrogen (secondary N) is 2. The van der Waals surface area contributed by atoms with E-state index >= 15 is 0 Å². The fraction of sp³-hybridized carbons (Fsp3) is 0.571. The van der Waals surface area contributed by atoms with E-state index in [4.69, 9.17) is 4.42 Å². The van der Waals surface area contributed by atoms with Gasteiger partial charge in [0.1, 0.15) is 11.5 Å². The molecule has 0 saturated carbocycles. The molecule has 0 radical (unpaired) electrons. The van der Waals surface area contributed by atoms with Gasteiger partial charge in [0.05, 0.1) is 6.04 Å². The number of hydrogen-bond acceptors (Lipinski definition) is 3. The molecule has 1 heterocycles. The number of rotatable bonds is 5. The van der Waals surface area contributed by atoms with Gasteiger partial charge in [0.25, 0.3) is 0 Å². The Bertz CT molecular complexity index is 471. The minimum absolute atomic E-state index is 0. The van der Waals surface area contributed by atoms with Crippen LogP contribution in [0.1, 0.15) is 30.9 Å². The van der Waals surface area contributed by atoms with Crippen LogP contribution in [0.2, 0.25) is 0 Å². The topological polar surface area (TPSA) is 69.9 Å². The van der Waals surface area contributed by atoms with Crippen molar-refractivity contribution >= 4 is 35.8 Å². The number of guanidine groups is 1. The molecule has 0 aliphatic carbocycles. The van der Waals surface area contributed by atoms with Crippen LogP contribution in [-0.4, -0.2) is 44.5 Å². The van der Waals surface area contributed by atoms with Crippen LogP contribution < -0.4 is 10.6 Å². The highest BCUT2D eigenvalue weighted by Crippen LogP contribution is 2.15. The number of aliphatic imine (C=N–C) groups is 1. The van der Waals surface area contributed by atoms with Crippen LogP contribution >= 0.6 is 24.0 Å². The molecule has 1 atom stereocenters. The Balaban J connectivity index is 0.00000400. The smallest absolute Gasteiger partial charge is 0.223 e. The minimum Gasteiger partial charge on any atom is -0.464 e. The summed E-state index contributed by atoms with van der Waals surface area (Å²) >= 11 is 0. The van der Waals surface area contributed by atoms with Crippen LogP contribution in [0, 0.1) is 6.92 Å². The van der Waals surface area contributed by atoms with Gasteiger partial charge in [-0.25, -0.2) is 0 Å². The molecule has 1 rings (SSSR count). The molecule has 120 valence electrons. The maximum Gasteiger partial charge on any atom is 0.223 e. The van der Waals surface area contributed by atoms with Gasteiger partial charge < -0.3 is 20.0 Å². The SMILES string of the molecule is CN=C(NCCC(=O)N(C)C)NC(C)c1ccc(C)o1.I. The third kappa shape index (κ3) is 6.83. The summed E-state index contributed by atoms with van der Waals surface area (Å²) in [6, 6.07) is 3.88.